The third kappa shape index (κ3) is 5.87. The molecule has 1 amide bonds. The van der Waals surface area contributed by atoms with Gasteiger partial charge in [-0.3, -0.25) is 14.7 Å². The van der Waals surface area contributed by atoms with Gasteiger partial charge in [-0.1, -0.05) is 18.2 Å². The van der Waals surface area contributed by atoms with Gasteiger partial charge in [0.2, 0.25) is 0 Å². The Morgan fingerprint density at radius 2 is 1.97 bits per heavy atom. The van der Waals surface area contributed by atoms with Crippen molar-refractivity contribution < 1.29 is 19.4 Å². The highest BCUT2D eigenvalue weighted by molar-refractivity contribution is 5.93. The molecule has 2 N–H and O–H groups in total. The summed E-state index contributed by atoms with van der Waals surface area (Å²) in [5.74, 6) is -0.217. The number of nitrogens with zero attached hydrogens (tertiary/aromatic N) is 4. The van der Waals surface area contributed by atoms with Crippen LogP contribution < -0.4 is 10.2 Å². The predicted molar refractivity (Wildman–Crippen MR) is 150 cm³/mol. The number of aromatic nitrogens is 3. The maximum absolute atomic E-state index is 12.8. The van der Waals surface area contributed by atoms with Crippen LogP contribution in [0.15, 0.2) is 67.1 Å². The summed E-state index contributed by atoms with van der Waals surface area (Å²) >= 11 is 0. The van der Waals surface area contributed by atoms with Crippen LogP contribution in [0.4, 0.5) is 16.3 Å². The number of benzene rings is 1. The van der Waals surface area contributed by atoms with Crippen LogP contribution in [-0.2, 0) is 22.5 Å². The number of carboxylic acid groups (broad SMARTS) is 1. The average Bonchev–Trinajstić information content (AvgIpc) is 3.34. The number of pyridine rings is 2. The number of aryl methyl sites for hydroxylation is 1. The van der Waals surface area contributed by atoms with Gasteiger partial charge in [0.25, 0.3) is 0 Å². The molecular formula is C30H33N5O4. The summed E-state index contributed by atoms with van der Waals surface area (Å²) in [6.07, 6.45) is 6.62. The monoisotopic (exact) mass is 527 g/mol. The van der Waals surface area contributed by atoms with Gasteiger partial charge in [0.15, 0.2) is 0 Å². The first-order valence-electron chi connectivity index (χ1n) is 13.1. The maximum atomic E-state index is 12.8. The van der Waals surface area contributed by atoms with Crippen molar-refractivity contribution in [1.29, 1.82) is 0 Å². The zero-order valence-corrected chi connectivity index (χ0v) is 22.4. The number of nitrogens with one attached hydrogen (secondary N) is 1. The van der Waals surface area contributed by atoms with Crippen molar-refractivity contribution >= 4 is 34.5 Å². The number of carbonyl (C=O) groups is 2. The lowest BCUT2D eigenvalue weighted by Gasteiger charge is -2.31. The molecule has 1 atom stereocenters. The molecule has 4 aromatic rings. The van der Waals surface area contributed by atoms with Gasteiger partial charge < -0.3 is 19.7 Å². The Kier molecular flexibility index (Phi) is 7.24. The molecule has 1 aliphatic rings. The van der Waals surface area contributed by atoms with Crippen molar-refractivity contribution in [3.63, 3.8) is 0 Å². The van der Waals surface area contributed by atoms with Crippen LogP contribution >= 0.6 is 0 Å². The maximum Gasteiger partial charge on any atom is 0.416 e. The Bertz CT molecular complexity index is 1490. The Balaban J connectivity index is 1.39. The zero-order valence-electron chi connectivity index (χ0n) is 22.4. The van der Waals surface area contributed by atoms with Crippen molar-refractivity contribution in [2.75, 3.05) is 16.8 Å². The molecule has 0 fully saturated rings. The molecule has 9 nitrogen and oxygen atoms in total. The van der Waals surface area contributed by atoms with Gasteiger partial charge in [-0.15, -0.1) is 0 Å². The fourth-order valence-corrected chi connectivity index (χ4v) is 4.99. The molecule has 1 unspecified atom stereocenters. The van der Waals surface area contributed by atoms with Crippen LogP contribution in [0.25, 0.3) is 10.9 Å². The summed E-state index contributed by atoms with van der Waals surface area (Å²) in [7, 11) is 0. The third-order valence-electron chi connectivity index (χ3n) is 6.71. The molecule has 202 valence electrons. The van der Waals surface area contributed by atoms with E-state index < -0.39 is 11.6 Å². The molecule has 9 heteroatoms. The lowest BCUT2D eigenvalue weighted by atomic mass is 10.1. The van der Waals surface area contributed by atoms with E-state index in [9.17, 15) is 14.7 Å². The highest BCUT2D eigenvalue weighted by Crippen LogP contribution is 2.32. The summed E-state index contributed by atoms with van der Waals surface area (Å²) in [5.41, 5.74) is 3.93. The van der Waals surface area contributed by atoms with Gasteiger partial charge in [0, 0.05) is 36.2 Å². The lowest BCUT2D eigenvalue weighted by molar-refractivity contribution is -0.137. The number of aliphatic carboxylic acids is 1. The first-order chi connectivity index (χ1) is 18.7. The van der Waals surface area contributed by atoms with Gasteiger partial charge in [-0.25, -0.2) is 9.78 Å². The number of amides is 1. The number of hydrogen-bond acceptors (Lipinski definition) is 6. The molecule has 0 radical (unpaired) electrons. The number of fused-ring (bicyclic) bond motifs is 2. The molecule has 0 saturated carbocycles. The molecule has 0 bridgehead atoms. The first kappa shape index (κ1) is 26.2. The second-order valence-electron chi connectivity index (χ2n) is 10.7. The molecule has 3 aromatic heterocycles. The largest absolute Gasteiger partial charge is 0.481 e. The summed E-state index contributed by atoms with van der Waals surface area (Å²) in [4.78, 5) is 35.2. The minimum atomic E-state index is -0.876. The summed E-state index contributed by atoms with van der Waals surface area (Å²) < 4.78 is 7.60. The highest BCUT2D eigenvalue weighted by atomic mass is 16.6. The van der Waals surface area contributed by atoms with Crippen molar-refractivity contribution in [2.24, 2.45) is 0 Å². The average molecular weight is 528 g/mol. The fraction of sp³-hybridized carbons (Fsp3) is 0.333. The van der Waals surface area contributed by atoms with E-state index >= 15 is 0 Å². The van der Waals surface area contributed by atoms with E-state index in [1.807, 2.05) is 80.1 Å². The number of hydrogen-bond donors (Lipinski definition) is 2. The second kappa shape index (κ2) is 10.8. The topological polar surface area (TPSA) is 110 Å². The number of anilines is 2. The van der Waals surface area contributed by atoms with E-state index in [0.717, 1.165) is 46.3 Å². The van der Waals surface area contributed by atoms with E-state index in [4.69, 9.17) is 9.72 Å². The molecule has 0 saturated heterocycles. The Hall–Kier alpha value is -4.40. The highest BCUT2D eigenvalue weighted by Gasteiger charge is 2.28. The molecule has 0 spiro atoms. The molecule has 4 heterocycles. The molecular weight excluding hydrogens is 494 g/mol. The van der Waals surface area contributed by atoms with Crippen LogP contribution in [0, 0.1) is 0 Å². The third-order valence-corrected chi connectivity index (χ3v) is 6.71. The zero-order chi connectivity index (χ0) is 27.6. The van der Waals surface area contributed by atoms with Gasteiger partial charge in [-0.2, -0.15) is 0 Å². The smallest absolute Gasteiger partial charge is 0.416 e. The summed E-state index contributed by atoms with van der Waals surface area (Å²) in [5, 5.41) is 14.1. The molecule has 5 rings (SSSR count). The Morgan fingerprint density at radius 3 is 2.72 bits per heavy atom. The normalized spacial score (nSPS) is 14.1. The van der Waals surface area contributed by atoms with Crippen LogP contribution in [0.1, 0.15) is 56.5 Å². The number of carbonyl (C=O) groups excluding carboxylic acids is 1. The van der Waals surface area contributed by atoms with Crippen molar-refractivity contribution in [2.45, 2.75) is 58.2 Å². The van der Waals surface area contributed by atoms with Gasteiger partial charge >= 0.3 is 12.1 Å². The number of ether oxygens (including phenoxy) is 1. The standard InChI is InChI=1S/C30H33N5O4/c1-30(2,3)39-29(38)35-15-6-8-20-11-12-22(33-28(20)35)19-32-24-9-4-10-25-23(24)13-16-34(25)26(17-27(36)37)21-7-5-14-31-18-21/h4-5,7,9-14,16,18,26,32H,6,8,15,17,19H2,1-3H3,(H,36,37). The fourth-order valence-electron chi connectivity index (χ4n) is 4.99. The van der Waals surface area contributed by atoms with Crippen molar-refractivity contribution in [3.05, 3.63) is 83.9 Å². The minimum Gasteiger partial charge on any atom is -0.481 e. The molecule has 1 aromatic carbocycles. The van der Waals surface area contributed by atoms with Gasteiger partial charge in [0.1, 0.15) is 11.4 Å². The number of rotatable bonds is 7. The summed E-state index contributed by atoms with van der Waals surface area (Å²) in [6.45, 7) is 6.61. The first-order valence-corrected chi connectivity index (χ1v) is 13.1. The van der Waals surface area contributed by atoms with Crippen molar-refractivity contribution in [3.8, 4) is 0 Å². The van der Waals surface area contributed by atoms with E-state index in [0.29, 0.717) is 18.9 Å². The van der Waals surface area contributed by atoms with E-state index in [1.165, 1.54) is 0 Å². The second-order valence-corrected chi connectivity index (χ2v) is 10.7. The van der Waals surface area contributed by atoms with Gasteiger partial charge in [0.05, 0.1) is 30.2 Å². The Morgan fingerprint density at radius 1 is 1.13 bits per heavy atom. The lowest BCUT2D eigenvalue weighted by Crippen LogP contribution is -2.40. The molecule has 39 heavy (non-hydrogen) atoms. The van der Waals surface area contributed by atoms with Crippen LogP contribution in [0.5, 0.6) is 0 Å². The predicted octanol–water partition coefficient (Wildman–Crippen LogP) is 5.80. The number of carboxylic acids is 1. The van der Waals surface area contributed by atoms with Gasteiger partial charge in [-0.05, 0) is 75.1 Å². The van der Waals surface area contributed by atoms with Crippen LogP contribution in [0.3, 0.4) is 0 Å². The Labute approximate surface area is 227 Å². The van der Waals surface area contributed by atoms with Crippen LogP contribution in [0.2, 0.25) is 0 Å². The minimum absolute atomic E-state index is 0.0552. The molecule has 1 aliphatic heterocycles. The summed E-state index contributed by atoms with van der Waals surface area (Å²) in [6, 6.07) is 15.3. The van der Waals surface area contributed by atoms with E-state index in [2.05, 4.69) is 10.3 Å². The van der Waals surface area contributed by atoms with E-state index in [-0.39, 0.29) is 18.6 Å². The SMILES string of the molecule is CC(C)(C)OC(=O)N1CCCc2ccc(CNc3cccc4c3ccn4C(CC(=O)O)c3cccnc3)nc21. The van der Waals surface area contributed by atoms with Crippen LogP contribution in [-0.4, -0.2) is 43.8 Å². The quantitative estimate of drug-likeness (QED) is 0.313. The van der Waals surface area contributed by atoms with E-state index in [1.54, 1.807) is 17.3 Å². The molecule has 0 aliphatic carbocycles. The van der Waals surface area contributed by atoms with Crippen molar-refractivity contribution in [1.82, 2.24) is 14.5 Å².